The zero-order valence-electron chi connectivity index (χ0n) is 11.8. The van der Waals surface area contributed by atoms with E-state index in [2.05, 4.69) is 25.8 Å². The highest BCUT2D eigenvalue weighted by Crippen LogP contribution is 2.35. The summed E-state index contributed by atoms with van der Waals surface area (Å²) in [5.41, 5.74) is 6.00. The Balaban J connectivity index is 1.77. The highest BCUT2D eigenvalue weighted by Gasteiger charge is 2.42. The zero-order valence-corrected chi connectivity index (χ0v) is 11.8. The number of nitrogens with two attached hydrogens (primary N) is 1. The Morgan fingerprint density at radius 1 is 1.43 bits per heavy atom. The minimum atomic E-state index is -0.751. The second-order valence-electron chi connectivity index (χ2n) is 5.16. The quantitative estimate of drug-likeness (QED) is 0.617. The third-order valence-corrected chi connectivity index (χ3v) is 3.84. The van der Waals surface area contributed by atoms with Crippen LogP contribution < -0.4 is 21.7 Å². The summed E-state index contributed by atoms with van der Waals surface area (Å²) in [4.78, 5) is 17.4. The van der Waals surface area contributed by atoms with Gasteiger partial charge in [-0.25, -0.2) is 9.78 Å². The molecule has 2 aliphatic rings. The minimum absolute atomic E-state index is 0.243. The van der Waals surface area contributed by atoms with E-state index in [0.717, 1.165) is 37.7 Å². The SMILES string of the molecule is NC(=O)OCCC1(N2CCNCC2)Nc2cccnc2N1. The van der Waals surface area contributed by atoms with Gasteiger partial charge in [0.15, 0.2) is 11.6 Å². The first kappa shape index (κ1) is 13.9. The summed E-state index contributed by atoms with van der Waals surface area (Å²) in [6.07, 6.45) is 1.58. The number of aromatic nitrogens is 1. The van der Waals surface area contributed by atoms with Gasteiger partial charge in [-0.3, -0.25) is 4.90 Å². The molecule has 1 aromatic rings. The number of amides is 1. The maximum Gasteiger partial charge on any atom is 0.404 e. The molecule has 0 bridgehead atoms. The maximum atomic E-state index is 10.8. The largest absolute Gasteiger partial charge is 0.449 e. The molecule has 0 radical (unpaired) electrons. The van der Waals surface area contributed by atoms with Crippen molar-refractivity contribution in [2.24, 2.45) is 5.73 Å². The van der Waals surface area contributed by atoms with Gasteiger partial charge < -0.3 is 26.4 Å². The van der Waals surface area contributed by atoms with E-state index >= 15 is 0 Å². The molecule has 3 heterocycles. The van der Waals surface area contributed by atoms with Crippen molar-refractivity contribution in [2.45, 2.75) is 12.2 Å². The van der Waals surface area contributed by atoms with Crippen LogP contribution in [0.15, 0.2) is 18.3 Å². The van der Waals surface area contributed by atoms with E-state index in [1.807, 2.05) is 12.1 Å². The molecule has 0 aromatic carbocycles. The van der Waals surface area contributed by atoms with E-state index in [9.17, 15) is 4.79 Å². The van der Waals surface area contributed by atoms with E-state index in [0.29, 0.717) is 6.42 Å². The van der Waals surface area contributed by atoms with Crippen molar-refractivity contribution in [1.82, 2.24) is 15.2 Å². The molecule has 1 fully saturated rings. The van der Waals surface area contributed by atoms with Crippen LogP contribution in [-0.4, -0.2) is 54.5 Å². The summed E-state index contributed by atoms with van der Waals surface area (Å²) in [5, 5.41) is 10.3. The van der Waals surface area contributed by atoms with Crippen LogP contribution in [-0.2, 0) is 4.74 Å². The van der Waals surface area contributed by atoms with Gasteiger partial charge in [0.25, 0.3) is 0 Å². The Hall–Kier alpha value is -2.06. The first-order valence-electron chi connectivity index (χ1n) is 7.09. The lowest BCUT2D eigenvalue weighted by molar-refractivity contribution is 0.0845. The molecule has 5 N–H and O–H groups in total. The Kier molecular flexibility index (Phi) is 3.80. The first-order valence-corrected chi connectivity index (χ1v) is 7.09. The summed E-state index contributed by atoms with van der Waals surface area (Å²) >= 11 is 0. The molecule has 0 aliphatic carbocycles. The average molecular weight is 292 g/mol. The van der Waals surface area contributed by atoms with Gasteiger partial charge in [0, 0.05) is 38.8 Å². The van der Waals surface area contributed by atoms with Crippen LogP contribution in [0.5, 0.6) is 0 Å². The third-order valence-electron chi connectivity index (χ3n) is 3.84. The molecule has 2 aliphatic heterocycles. The summed E-state index contributed by atoms with van der Waals surface area (Å²) in [7, 11) is 0. The number of hydrogen-bond acceptors (Lipinski definition) is 7. The molecule has 8 nitrogen and oxygen atoms in total. The standard InChI is InChI=1S/C13H20N6O2/c14-12(20)21-9-3-13(19-7-5-15-6-8-19)17-10-2-1-4-16-11(10)18-13/h1-2,4,15,17H,3,5-9H2,(H2,14,20)(H,16,18). The van der Waals surface area contributed by atoms with E-state index in [4.69, 9.17) is 10.5 Å². The van der Waals surface area contributed by atoms with Gasteiger partial charge in [0.1, 0.15) is 0 Å². The highest BCUT2D eigenvalue weighted by atomic mass is 16.5. The number of carbonyl (C=O) groups is 1. The van der Waals surface area contributed by atoms with Gasteiger partial charge in [-0.05, 0) is 12.1 Å². The number of piperazine rings is 1. The predicted molar refractivity (Wildman–Crippen MR) is 78.8 cm³/mol. The van der Waals surface area contributed by atoms with Crippen molar-refractivity contribution >= 4 is 17.6 Å². The molecule has 1 unspecified atom stereocenters. The Bertz CT molecular complexity index is 492. The predicted octanol–water partition coefficient (Wildman–Crippen LogP) is -0.0366. The molecule has 3 rings (SSSR count). The second kappa shape index (κ2) is 5.74. The summed E-state index contributed by atoms with van der Waals surface area (Å²) in [5.74, 6) is 0.323. The molecule has 0 saturated carbocycles. The molecular weight excluding hydrogens is 272 g/mol. The summed E-state index contributed by atoms with van der Waals surface area (Å²) < 4.78 is 4.91. The van der Waals surface area contributed by atoms with E-state index < -0.39 is 11.9 Å². The third kappa shape index (κ3) is 2.86. The average Bonchev–Trinajstić information content (AvgIpc) is 2.87. The van der Waals surface area contributed by atoms with Crippen LogP contribution >= 0.6 is 0 Å². The van der Waals surface area contributed by atoms with Gasteiger partial charge >= 0.3 is 6.09 Å². The van der Waals surface area contributed by atoms with Crippen molar-refractivity contribution in [1.29, 1.82) is 0 Å². The van der Waals surface area contributed by atoms with Crippen LogP contribution in [0.25, 0.3) is 0 Å². The van der Waals surface area contributed by atoms with Gasteiger partial charge in [0.05, 0.1) is 12.3 Å². The number of hydrogen-bond donors (Lipinski definition) is 4. The number of pyridine rings is 1. The number of anilines is 2. The van der Waals surface area contributed by atoms with Crippen LogP contribution in [0.1, 0.15) is 6.42 Å². The monoisotopic (exact) mass is 292 g/mol. The smallest absolute Gasteiger partial charge is 0.404 e. The Morgan fingerprint density at radius 2 is 2.24 bits per heavy atom. The maximum absolute atomic E-state index is 10.8. The number of nitrogens with one attached hydrogen (secondary N) is 3. The number of nitrogens with zero attached hydrogens (tertiary/aromatic N) is 2. The fraction of sp³-hybridized carbons (Fsp3) is 0.538. The number of carbonyl (C=O) groups excluding carboxylic acids is 1. The summed E-state index contributed by atoms with van der Waals surface area (Å²) in [6.45, 7) is 3.87. The normalized spacial score (nSPS) is 24.8. The molecule has 0 spiro atoms. The van der Waals surface area contributed by atoms with Crippen molar-refractivity contribution in [3.8, 4) is 0 Å². The van der Waals surface area contributed by atoms with Crippen LogP contribution in [0, 0.1) is 0 Å². The number of ether oxygens (including phenoxy) is 1. The van der Waals surface area contributed by atoms with E-state index in [1.165, 1.54) is 0 Å². The molecule has 21 heavy (non-hydrogen) atoms. The first-order chi connectivity index (χ1) is 10.2. The lowest BCUT2D eigenvalue weighted by atomic mass is 10.2. The van der Waals surface area contributed by atoms with Gasteiger partial charge in [-0.1, -0.05) is 0 Å². The van der Waals surface area contributed by atoms with Gasteiger partial charge in [-0.2, -0.15) is 0 Å². The van der Waals surface area contributed by atoms with Gasteiger partial charge in [-0.15, -0.1) is 0 Å². The molecule has 114 valence electrons. The molecule has 1 saturated heterocycles. The fourth-order valence-electron chi connectivity index (χ4n) is 2.84. The van der Waals surface area contributed by atoms with Crippen molar-refractivity contribution < 1.29 is 9.53 Å². The minimum Gasteiger partial charge on any atom is -0.449 e. The lowest BCUT2D eigenvalue weighted by Gasteiger charge is -2.43. The molecular formula is C13H20N6O2. The van der Waals surface area contributed by atoms with Crippen LogP contribution in [0.2, 0.25) is 0 Å². The van der Waals surface area contributed by atoms with Crippen LogP contribution in [0.3, 0.4) is 0 Å². The second-order valence-corrected chi connectivity index (χ2v) is 5.16. The van der Waals surface area contributed by atoms with Crippen molar-refractivity contribution in [3.63, 3.8) is 0 Å². The molecule has 1 amide bonds. The number of primary amides is 1. The molecule has 1 atom stereocenters. The topological polar surface area (TPSA) is 105 Å². The zero-order chi connectivity index (χ0) is 14.7. The van der Waals surface area contributed by atoms with E-state index in [1.54, 1.807) is 6.20 Å². The van der Waals surface area contributed by atoms with E-state index in [-0.39, 0.29) is 6.61 Å². The van der Waals surface area contributed by atoms with Crippen LogP contribution in [0.4, 0.5) is 16.3 Å². The molecule has 8 heteroatoms. The number of fused-ring (bicyclic) bond motifs is 1. The summed E-state index contributed by atoms with van der Waals surface area (Å²) in [6, 6.07) is 3.87. The lowest BCUT2D eigenvalue weighted by Crippen LogP contribution is -2.63. The van der Waals surface area contributed by atoms with Crippen molar-refractivity contribution in [3.05, 3.63) is 18.3 Å². The van der Waals surface area contributed by atoms with Crippen molar-refractivity contribution in [2.75, 3.05) is 43.4 Å². The highest BCUT2D eigenvalue weighted by molar-refractivity contribution is 5.72. The Labute approximate surface area is 123 Å². The Morgan fingerprint density at radius 3 is 2.95 bits per heavy atom. The number of rotatable bonds is 4. The van der Waals surface area contributed by atoms with Gasteiger partial charge in [0.2, 0.25) is 0 Å². The fourth-order valence-corrected chi connectivity index (χ4v) is 2.84. The molecule has 1 aromatic heterocycles.